The minimum absolute atomic E-state index is 0.170. The summed E-state index contributed by atoms with van der Waals surface area (Å²) in [7, 11) is 0. The topological polar surface area (TPSA) is 95.1 Å². The molecule has 2 amide bonds. The molecule has 0 aliphatic carbocycles. The minimum Gasteiger partial charge on any atom is -0.469 e. The van der Waals surface area contributed by atoms with Crippen LogP contribution in [0.25, 0.3) is 0 Å². The Morgan fingerprint density at radius 2 is 2.09 bits per heavy atom. The van der Waals surface area contributed by atoms with Crippen LogP contribution in [0, 0.1) is 17.1 Å². The van der Waals surface area contributed by atoms with Gasteiger partial charge in [-0.25, -0.2) is 4.39 Å². The van der Waals surface area contributed by atoms with Gasteiger partial charge in [0.15, 0.2) is 0 Å². The third kappa shape index (κ3) is 3.93. The van der Waals surface area contributed by atoms with Gasteiger partial charge >= 0.3 is 11.8 Å². The van der Waals surface area contributed by atoms with Gasteiger partial charge in [0, 0.05) is 18.7 Å². The smallest absolute Gasteiger partial charge is 0.313 e. The number of carbonyl (C=O) groups is 2. The van der Waals surface area contributed by atoms with Crippen LogP contribution in [0.1, 0.15) is 11.3 Å². The number of nitrogens with one attached hydrogen (secondary N) is 2. The Hall–Kier alpha value is -3.14. The van der Waals surface area contributed by atoms with E-state index in [2.05, 4.69) is 10.6 Å². The molecule has 7 heteroatoms. The van der Waals surface area contributed by atoms with Crippen LogP contribution in [0.5, 0.6) is 0 Å². The van der Waals surface area contributed by atoms with Gasteiger partial charge in [0.25, 0.3) is 0 Å². The van der Waals surface area contributed by atoms with E-state index in [-0.39, 0.29) is 17.8 Å². The maximum Gasteiger partial charge on any atom is 0.313 e. The first-order valence-electron chi connectivity index (χ1n) is 6.41. The van der Waals surface area contributed by atoms with Gasteiger partial charge in [-0.2, -0.15) is 5.26 Å². The number of anilines is 1. The van der Waals surface area contributed by atoms with Gasteiger partial charge in [-0.3, -0.25) is 9.59 Å². The van der Waals surface area contributed by atoms with Crippen molar-refractivity contribution in [1.82, 2.24) is 5.32 Å². The zero-order valence-corrected chi connectivity index (χ0v) is 11.4. The van der Waals surface area contributed by atoms with Crippen molar-refractivity contribution in [3.8, 4) is 6.07 Å². The summed E-state index contributed by atoms with van der Waals surface area (Å²) in [6.45, 7) is 0.243. The molecule has 0 saturated heterocycles. The van der Waals surface area contributed by atoms with Crippen molar-refractivity contribution in [2.24, 2.45) is 0 Å². The Bertz CT molecular complexity index is 720. The first-order chi connectivity index (χ1) is 10.6. The average Bonchev–Trinajstić information content (AvgIpc) is 3.02. The highest BCUT2D eigenvalue weighted by Gasteiger charge is 2.14. The molecule has 2 N–H and O–H groups in total. The predicted octanol–water partition coefficient (Wildman–Crippen LogP) is 1.59. The zero-order valence-electron chi connectivity index (χ0n) is 11.4. The summed E-state index contributed by atoms with van der Waals surface area (Å²) in [4.78, 5) is 23.3. The Morgan fingerprint density at radius 1 is 1.27 bits per heavy atom. The van der Waals surface area contributed by atoms with Crippen LogP contribution >= 0.6 is 0 Å². The molecular weight excluding hydrogens is 289 g/mol. The van der Waals surface area contributed by atoms with E-state index in [1.54, 1.807) is 18.2 Å². The molecule has 6 nitrogen and oxygen atoms in total. The Balaban J connectivity index is 1.86. The van der Waals surface area contributed by atoms with Crippen LogP contribution in [0.3, 0.4) is 0 Å². The lowest BCUT2D eigenvalue weighted by atomic mass is 10.2. The molecule has 0 radical (unpaired) electrons. The second-order valence-electron chi connectivity index (χ2n) is 4.35. The molecule has 22 heavy (non-hydrogen) atoms. The number of halogens is 1. The molecule has 112 valence electrons. The molecule has 0 saturated carbocycles. The number of hydrogen-bond donors (Lipinski definition) is 2. The molecule has 0 fully saturated rings. The molecule has 2 rings (SSSR count). The molecule has 1 aromatic carbocycles. The van der Waals surface area contributed by atoms with Crippen molar-refractivity contribution in [2.45, 2.75) is 6.42 Å². The van der Waals surface area contributed by atoms with Crippen molar-refractivity contribution in [3.05, 3.63) is 53.7 Å². The van der Waals surface area contributed by atoms with Crippen molar-refractivity contribution in [3.63, 3.8) is 0 Å². The predicted molar refractivity (Wildman–Crippen MR) is 75.2 cm³/mol. The van der Waals surface area contributed by atoms with Gasteiger partial charge in [0.1, 0.15) is 17.6 Å². The fourth-order valence-corrected chi connectivity index (χ4v) is 1.71. The van der Waals surface area contributed by atoms with Gasteiger partial charge < -0.3 is 15.1 Å². The third-order valence-electron chi connectivity index (χ3n) is 2.79. The number of benzene rings is 1. The van der Waals surface area contributed by atoms with Crippen LogP contribution in [0.15, 0.2) is 41.0 Å². The second kappa shape index (κ2) is 7.04. The van der Waals surface area contributed by atoms with Crippen molar-refractivity contribution >= 4 is 17.5 Å². The van der Waals surface area contributed by atoms with E-state index >= 15 is 0 Å². The molecule has 0 spiro atoms. The monoisotopic (exact) mass is 301 g/mol. The summed E-state index contributed by atoms with van der Waals surface area (Å²) in [5.41, 5.74) is -0.0415. The highest BCUT2D eigenvalue weighted by molar-refractivity contribution is 6.39. The number of furan rings is 1. The lowest BCUT2D eigenvalue weighted by Crippen LogP contribution is -2.36. The van der Waals surface area contributed by atoms with E-state index < -0.39 is 17.6 Å². The fraction of sp³-hybridized carbons (Fsp3) is 0.133. The second-order valence-corrected chi connectivity index (χ2v) is 4.35. The number of carbonyl (C=O) groups excluding carboxylic acids is 2. The maximum atomic E-state index is 13.1. The Kier molecular flexibility index (Phi) is 4.88. The number of nitriles is 1. The fourth-order valence-electron chi connectivity index (χ4n) is 1.71. The van der Waals surface area contributed by atoms with Gasteiger partial charge in [-0.1, -0.05) is 0 Å². The van der Waals surface area contributed by atoms with E-state index in [9.17, 15) is 14.0 Å². The van der Waals surface area contributed by atoms with Gasteiger partial charge in [0.2, 0.25) is 0 Å². The summed E-state index contributed by atoms with van der Waals surface area (Å²) < 4.78 is 18.2. The minimum atomic E-state index is -0.894. The summed E-state index contributed by atoms with van der Waals surface area (Å²) in [6.07, 6.45) is 1.98. The Morgan fingerprint density at radius 3 is 2.77 bits per heavy atom. The van der Waals surface area contributed by atoms with E-state index in [4.69, 9.17) is 9.68 Å². The van der Waals surface area contributed by atoms with Crippen LogP contribution in [0.4, 0.5) is 10.1 Å². The van der Waals surface area contributed by atoms with Gasteiger partial charge in [-0.15, -0.1) is 0 Å². The van der Waals surface area contributed by atoms with E-state index in [0.717, 1.165) is 12.1 Å². The lowest BCUT2D eigenvalue weighted by molar-refractivity contribution is -0.136. The quantitative estimate of drug-likeness (QED) is 0.838. The molecule has 2 aromatic rings. The van der Waals surface area contributed by atoms with Crippen LogP contribution in [0.2, 0.25) is 0 Å². The van der Waals surface area contributed by atoms with Crippen molar-refractivity contribution in [1.29, 1.82) is 5.26 Å². The maximum absolute atomic E-state index is 13.1. The molecule has 0 unspecified atom stereocenters. The highest BCUT2D eigenvalue weighted by atomic mass is 19.1. The number of amides is 2. The molecule has 0 bridgehead atoms. The first-order valence-corrected chi connectivity index (χ1v) is 6.41. The van der Waals surface area contributed by atoms with Crippen LogP contribution in [-0.4, -0.2) is 18.4 Å². The molecule has 0 aliphatic heterocycles. The number of hydrogen-bond acceptors (Lipinski definition) is 4. The summed E-state index contributed by atoms with van der Waals surface area (Å²) in [6, 6.07) is 8.60. The standard InChI is InChI=1S/C15H12FN3O3/c16-13-4-3-11(8-10(13)9-17)19-15(21)14(20)18-6-5-12-2-1-7-22-12/h1-4,7-8H,5-6H2,(H,18,20)(H,19,21). The van der Waals surface area contributed by atoms with Crippen LogP contribution < -0.4 is 10.6 Å². The molecule has 1 heterocycles. The van der Waals surface area contributed by atoms with E-state index in [1.807, 2.05) is 0 Å². The van der Waals surface area contributed by atoms with Crippen LogP contribution in [-0.2, 0) is 16.0 Å². The molecule has 1 aromatic heterocycles. The van der Waals surface area contributed by atoms with Crippen molar-refractivity contribution in [2.75, 3.05) is 11.9 Å². The van der Waals surface area contributed by atoms with Crippen molar-refractivity contribution < 1.29 is 18.4 Å². The number of nitrogens with zero attached hydrogens (tertiary/aromatic N) is 1. The van der Waals surface area contributed by atoms with E-state index in [1.165, 1.54) is 12.3 Å². The summed E-state index contributed by atoms with van der Waals surface area (Å²) in [5.74, 6) is -1.72. The van der Waals surface area contributed by atoms with E-state index in [0.29, 0.717) is 12.2 Å². The Labute approximate surface area is 125 Å². The van der Waals surface area contributed by atoms with Gasteiger partial charge in [0.05, 0.1) is 11.8 Å². The highest BCUT2D eigenvalue weighted by Crippen LogP contribution is 2.13. The van der Waals surface area contributed by atoms with Gasteiger partial charge in [-0.05, 0) is 30.3 Å². The average molecular weight is 301 g/mol. The number of rotatable bonds is 4. The molecule has 0 atom stereocenters. The molecular formula is C15H12FN3O3. The lowest BCUT2D eigenvalue weighted by Gasteiger charge is -2.06. The molecule has 0 aliphatic rings. The summed E-state index contributed by atoms with van der Waals surface area (Å²) >= 11 is 0. The summed E-state index contributed by atoms with van der Waals surface area (Å²) in [5, 5.41) is 13.4. The SMILES string of the molecule is N#Cc1cc(NC(=O)C(=O)NCCc2ccco2)ccc1F. The first kappa shape index (κ1) is 15.3. The normalized spacial score (nSPS) is 9.82. The zero-order chi connectivity index (χ0) is 15.9. The third-order valence-corrected chi connectivity index (χ3v) is 2.79. The largest absolute Gasteiger partial charge is 0.469 e.